The van der Waals surface area contributed by atoms with E-state index in [9.17, 15) is 14.0 Å². The molecular weight excluding hydrogens is 383 g/mol. The Kier molecular flexibility index (Phi) is 5.34. The first-order valence-corrected chi connectivity index (χ1v) is 9.51. The number of carbonyl (C=O) groups is 2. The van der Waals surface area contributed by atoms with Gasteiger partial charge in [-0.1, -0.05) is 18.2 Å². The largest absolute Gasteiger partial charge is 0.325 e. The lowest BCUT2D eigenvalue weighted by Crippen LogP contribution is -2.13. The third-order valence-electron chi connectivity index (χ3n) is 4.74. The molecule has 2 heterocycles. The van der Waals surface area contributed by atoms with Crippen molar-refractivity contribution in [3.63, 3.8) is 0 Å². The van der Waals surface area contributed by atoms with E-state index in [2.05, 4.69) is 15.4 Å². The number of rotatable bonds is 6. The lowest BCUT2D eigenvalue weighted by molar-refractivity contribution is -0.116. The highest BCUT2D eigenvalue weighted by Crippen LogP contribution is 2.23. The molecule has 0 spiro atoms. The van der Waals surface area contributed by atoms with E-state index in [-0.39, 0.29) is 24.5 Å². The first-order valence-electron chi connectivity index (χ1n) is 9.51. The average molecular weight is 402 g/mol. The lowest BCUT2D eigenvalue weighted by Gasteiger charge is -2.06. The zero-order chi connectivity index (χ0) is 21.1. The van der Waals surface area contributed by atoms with Crippen molar-refractivity contribution in [2.75, 3.05) is 5.32 Å². The Bertz CT molecular complexity index is 1220. The molecule has 0 radical (unpaired) electrons. The predicted octanol–water partition coefficient (Wildman–Crippen LogP) is 4.47. The minimum atomic E-state index is -0.405. The number of carbonyl (C=O) groups excluding carboxylic acids is 2. The Morgan fingerprint density at radius 2 is 1.77 bits per heavy atom. The van der Waals surface area contributed by atoms with Crippen molar-refractivity contribution in [2.24, 2.45) is 0 Å². The molecule has 4 rings (SSSR count). The van der Waals surface area contributed by atoms with Gasteiger partial charge in [-0.2, -0.15) is 5.10 Å². The van der Waals surface area contributed by atoms with E-state index in [0.717, 1.165) is 16.8 Å². The summed E-state index contributed by atoms with van der Waals surface area (Å²) in [5.41, 5.74) is 3.32. The molecule has 0 atom stereocenters. The van der Waals surface area contributed by atoms with Crippen LogP contribution in [0.5, 0.6) is 0 Å². The summed E-state index contributed by atoms with van der Waals surface area (Å²) in [4.78, 5) is 28.9. The van der Waals surface area contributed by atoms with Crippen LogP contribution in [0, 0.1) is 12.7 Å². The van der Waals surface area contributed by atoms with E-state index in [0.29, 0.717) is 16.9 Å². The van der Waals surface area contributed by atoms with Gasteiger partial charge in [0.05, 0.1) is 23.3 Å². The number of halogens is 1. The number of nitrogens with zero attached hydrogens (tertiary/aromatic N) is 3. The summed E-state index contributed by atoms with van der Waals surface area (Å²) in [6.07, 6.45) is 1.64. The van der Waals surface area contributed by atoms with Crippen molar-refractivity contribution >= 4 is 28.4 Å². The molecule has 0 saturated heterocycles. The van der Waals surface area contributed by atoms with Gasteiger partial charge in [-0.05, 0) is 49.4 Å². The van der Waals surface area contributed by atoms with Gasteiger partial charge >= 0.3 is 0 Å². The first kappa shape index (κ1) is 19.4. The Morgan fingerprint density at radius 3 is 2.50 bits per heavy atom. The number of nitrogens with one attached hydrogen (secondary N) is 1. The molecule has 2 aromatic heterocycles. The van der Waals surface area contributed by atoms with Gasteiger partial charge in [0.1, 0.15) is 5.82 Å². The summed E-state index contributed by atoms with van der Waals surface area (Å²) in [5.74, 6) is -0.906. The molecular formula is C23H19FN4O2. The number of hydrogen-bond acceptors (Lipinski definition) is 4. The van der Waals surface area contributed by atoms with Gasteiger partial charge < -0.3 is 5.32 Å². The van der Waals surface area contributed by atoms with Crippen molar-refractivity contribution in [3.05, 3.63) is 83.9 Å². The molecule has 0 aliphatic carbocycles. The molecule has 2 aromatic carbocycles. The van der Waals surface area contributed by atoms with Crippen LogP contribution in [-0.4, -0.2) is 26.5 Å². The second-order valence-corrected chi connectivity index (χ2v) is 6.91. The fourth-order valence-corrected chi connectivity index (χ4v) is 3.19. The Hall–Kier alpha value is -3.87. The number of hydrogen-bond donors (Lipinski definition) is 1. The molecule has 150 valence electrons. The van der Waals surface area contributed by atoms with Crippen LogP contribution >= 0.6 is 0 Å². The fraction of sp³-hybridized carbons (Fsp3) is 0.130. The van der Waals surface area contributed by atoms with Gasteiger partial charge in [-0.15, -0.1) is 0 Å². The Balaban J connectivity index is 1.45. The smallest absolute Gasteiger partial charge is 0.224 e. The van der Waals surface area contributed by atoms with Crippen molar-refractivity contribution < 1.29 is 14.0 Å². The zero-order valence-electron chi connectivity index (χ0n) is 16.3. The summed E-state index contributed by atoms with van der Waals surface area (Å²) < 4.78 is 14.7. The molecule has 0 aliphatic heterocycles. The summed E-state index contributed by atoms with van der Waals surface area (Å²) in [7, 11) is 0. The normalized spacial score (nSPS) is 10.9. The van der Waals surface area contributed by atoms with E-state index in [1.54, 1.807) is 10.9 Å². The van der Waals surface area contributed by atoms with E-state index >= 15 is 0 Å². The molecule has 0 fully saturated rings. The number of benzene rings is 2. The van der Waals surface area contributed by atoms with Gasteiger partial charge in [-0.25, -0.2) is 14.1 Å². The van der Waals surface area contributed by atoms with Crippen LogP contribution in [0.3, 0.4) is 0 Å². The number of aryl methyl sites for hydroxylation is 1. The van der Waals surface area contributed by atoms with Gasteiger partial charge in [-0.3, -0.25) is 9.59 Å². The predicted molar refractivity (Wildman–Crippen MR) is 112 cm³/mol. The van der Waals surface area contributed by atoms with Gasteiger partial charge in [0.2, 0.25) is 5.91 Å². The number of pyridine rings is 1. The Labute approximate surface area is 172 Å². The van der Waals surface area contributed by atoms with Crippen molar-refractivity contribution in [1.82, 2.24) is 14.8 Å². The quantitative estimate of drug-likeness (QED) is 0.483. The molecule has 0 bridgehead atoms. The van der Waals surface area contributed by atoms with Crippen LogP contribution in [0.4, 0.5) is 10.1 Å². The minimum absolute atomic E-state index is 0.0243. The van der Waals surface area contributed by atoms with E-state index in [4.69, 9.17) is 0 Å². The van der Waals surface area contributed by atoms with Crippen LogP contribution < -0.4 is 5.32 Å². The number of anilines is 1. The summed E-state index contributed by atoms with van der Waals surface area (Å²) in [6, 6.07) is 16.8. The second kappa shape index (κ2) is 8.24. The van der Waals surface area contributed by atoms with Crippen LogP contribution in [0.2, 0.25) is 0 Å². The highest BCUT2D eigenvalue weighted by atomic mass is 19.1. The van der Waals surface area contributed by atoms with E-state index < -0.39 is 5.82 Å². The van der Waals surface area contributed by atoms with Gasteiger partial charge in [0, 0.05) is 23.8 Å². The van der Waals surface area contributed by atoms with Crippen molar-refractivity contribution in [3.8, 4) is 5.69 Å². The number of amides is 1. The van der Waals surface area contributed by atoms with E-state index in [1.165, 1.54) is 24.3 Å². The number of para-hydroxylation sites is 1. The zero-order valence-corrected chi connectivity index (χ0v) is 16.3. The molecule has 6 nitrogen and oxygen atoms in total. The maximum absolute atomic E-state index is 13.0. The van der Waals surface area contributed by atoms with Gasteiger partial charge in [0.25, 0.3) is 0 Å². The SMILES string of the molecule is Cc1nn(-c2ccccc2)c2ncc(NC(=O)CCC(=O)c3ccc(F)cc3)cc12. The number of fused-ring (bicyclic) bond motifs is 1. The molecule has 4 aromatic rings. The third-order valence-corrected chi connectivity index (χ3v) is 4.74. The molecule has 30 heavy (non-hydrogen) atoms. The molecule has 1 N–H and O–H groups in total. The monoisotopic (exact) mass is 402 g/mol. The lowest BCUT2D eigenvalue weighted by atomic mass is 10.1. The molecule has 7 heteroatoms. The average Bonchev–Trinajstić information content (AvgIpc) is 3.09. The molecule has 0 unspecified atom stereocenters. The van der Waals surface area contributed by atoms with Crippen LogP contribution in [0.25, 0.3) is 16.7 Å². The van der Waals surface area contributed by atoms with Crippen LogP contribution in [-0.2, 0) is 4.79 Å². The summed E-state index contributed by atoms with van der Waals surface area (Å²) >= 11 is 0. The van der Waals surface area contributed by atoms with Gasteiger partial charge in [0.15, 0.2) is 11.4 Å². The minimum Gasteiger partial charge on any atom is -0.325 e. The summed E-state index contributed by atoms with van der Waals surface area (Å²) in [6.45, 7) is 1.89. The van der Waals surface area contributed by atoms with E-state index in [1.807, 2.05) is 43.3 Å². The van der Waals surface area contributed by atoms with Crippen molar-refractivity contribution in [1.29, 1.82) is 0 Å². The summed E-state index contributed by atoms with van der Waals surface area (Å²) in [5, 5.41) is 8.16. The third kappa shape index (κ3) is 4.10. The first-order chi connectivity index (χ1) is 14.5. The maximum atomic E-state index is 13.0. The highest BCUT2D eigenvalue weighted by molar-refractivity contribution is 6.00. The number of ketones is 1. The molecule has 0 saturated carbocycles. The topological polar surface area (TPSA) is 76.9 Å². The second-order valence-electron chi connectivity index (χ2n) is 6.91. The van der Waals surface area contributed by atoms with Crippen LogP contribution in [0.1, 0.15) is 28.9 Å². The highest BCUT2D eigenvalue weighted by Gasteiger charge is 2.13. The molecule has 1 amide bonds. The number of Topliss-reactive ketones (excluding diaryl/α,β-unsaturated/α-hetero) is 1. The Morgan fingerprint density at radius 1 is 1.03 bits per heavy atom. The molecule has 0 aliphatic rings. The standard InChI is InChI=1S/C23H19FN4O2/c1-15-20-13-18(14-25-23(20)28(27-15)19-5-3-2-4-6-19)26-22(30)12-11-21(29)16-7-9-17(24)10-8-16/h2-10,13-14H,11-12H2,1H3,(H,26,30). The maximum Gasteiger partial charge on any atom is 0.224 e. The fourth-order valence-electron chi connectivity index (χ4n) is 3.19. The van der Waals surface area contributed by atoms with Crippen molar-refractivity contribution in [2.45, 2.75) is 19.8 Å². The van der Waals surface area contributed by atoms with Crippen LogP contribution in [0.15, 0.2) is 66.9 Å². The number of aromatic nitrogens is 3.